The molecule has 0 aromatic heterocycles. The van der Waals surface area contributed by atoms with Gasteiger partial charge in [0.1, 0.15) is 5.75 Å². The normalized spacial score (nSPS) is 10.6. The lowest BCUT2D eigenvalue weighted by molar-refractivity contribution is 0.0696. The second-order valence-electron chi connectivity index (χ2n) is 4.11. The number of halogens is 2. The van der Waals surface area contributed by atoms with Gasteiger partial charge in [0.05, 0.1) is 12.7 Å². The summed E-state index contributed by atoms with van der Waals surface area (Å²) in [5.41, 5.74) is 0.693. The molecule has 0 atom stereocenters. The predicted molar refractivity (Wildman–Crippen MR) is 70.3 cm³/mol. The summed E-state index contributed by atoms with van der Waals surface area (Å²) in [7, 11) is 1.37. The number of alkyl halides is 2. The van der Waals surface area contributed by atoms with Gasteiger partial charge in [0.25, 0.3) is 6.43 Å². The minimum atomic E-state index is -2.62. The molecule has 0 aliphatic rings. The van der Waals surface area contributed by atoms with Gasteiger partial charge in [-0.25, -0.2) is 13.6 Å². The average Bonchev–Trinajstić information content (AvgIpc) is 2.46. The molecule has 1 N–H and O–H groups in total. The molecule has 2 rings (SSSR count). The Bertz CT molecular complexity index is 639. The molecule has 104 valence electrons. The quantitative estimate of drug-likeness (QED) is 0.919. The van der Waals surface area contributed by atoms with E-state index in [1.165, 1.54) is 37.4 Å². The summed E-state index contributed by atoms with van der Waals surface area (Å²) < 4.78 is 31.2. The second-order valence-corrected chi connectivity index (χ2v) is 4.11. The Kier molecular flexibility index (Phi) is 3.98. The fourth-order valence-corrected chi connectivity index (χ4v) is 1.98. The average molecular weight is 278 g/mol. The summed E-state index contributed by atoms with van der Waals surface area (Å²) in [6.07, 6.45) is -2.62. The van der Waals surface area contributed by atoms with E-state index >= 15 is 0 Å². The number of ether oxygens (including phenoxy) is 1. The third-order valence-corrected chi connectivity index (χ3v) is 2.93. The number of rotatable bonds is 4. The molecule has 2 aromatic carbocycles. The molecule has 0 unspecified atom stereocenters. The highest BCUT2D eigenvalue weighted by atomic mass is 19.3. The van der Waals surface area contributed by atoms with Crippen molar-refractivity contribution in [1.29, 1.82) is 0 Å². The molecule has 0 saturated heterocycles. The fraction of sp³-hybridized carbons (Fsp3) is 0.133. The number of methoxy groups -OCH3 is 1. The summed E-state index contributed by atoms with van der Waals surface area (Å²) in [6.45, 7) is 0. The van der Waals surface area contributed by atoms with Crippen LogP contribution in [-0.2, 0) is 0 Å². The van der Waals surface area contributed by atoms with Crippen LogP contribution in [0.15, 0.2) is 42.5 Å². The van der Waals surface area contributed by atoms with Crippen molar-refractivity contribution in [3.05, 3.63) is 53.6 Å². The standard InChI is InChI=1S/C15H12F2O3/c1-20-13-8-9(15(18)19)6-7-11(13)10-4-2-3-5-12(10)14(16)17/h2-8,14H,1H3,(H,18,19). The minimum absolute atomic E-state index is 0.0418. The van der Waals surface area contributed by atoms with Crippen molar-refractivity contribution in [2.75, 3.05) is 7.11 Å². The van der Waals surface area contributed by atoms with Crippen molar-refractivity contribution in [2.45, 2.75) is 6.43 Å². The molecule has 0 aliphatic heterocycles. The van der Waals surface area contributed by atoms with Crippen LogP contribution in [-0.4, -0.2) is 18.2 Å². The van der Waals surface area contributed by atoms with Gasteiger partial charge in [-0.05, 0) is 23.8 Å². The first kappa shape index (κ1) is 14.0. The van der Waals surface area contributed by atoms with Gasteiger partial charge in [0.15, 0.2) is 0 Å². The van der Waals surface area contributed by atoms with E-state index in [1.54, 1.807) is 12.1 Å². The number of carbonyl (C=O) groups is 1. The Labute approximate surface area is 114 Å². The van der Waals surface area contributed by atoms with Crippen molar-refractivity contribution in [2.24, 2.45) is 0 Å². The maximum atomic E-state index is 13.0. The van der Waals surface area contributed by atoms with E-state index in [1.807, 2.05) is 0 Å². The zero-order valence-corrected chi connectivity index (χ0v) is 10.6. The molecule has 0 heterocycles. The van der Waals surface area contributed by atoms with E-state index < -0.39 is 12.4 Å². The minimum Gasteiger partial charge on any atom is -0.496 e. The molecule has 20 heavy (non-hydrogen) atoms. The van der Waals surface area contributed by atoms with Crippen LogP contribution in [0.25, 0.3) is 11.1 Å². The first-order chi connectivity index (χ1) is 9.54. The summed E-state index contributed by atoms with van der Waals surface area (Å²) >= 11 is 0. The van der Waals surface area contributed by atoms with Gasteiger partial charge in [-0.15, -0.1) is 0 Å². The maximum absolute atomic E-state index is 13.0. The van der Waals surface area contributed by atoms with Crippen molar-refractivity contribution in [1.82, 2.24) is 0 Å². The highest BCUT2D eigenvalue weighted by Crippen LogP contribution is 2.36. The van der Waals surface area contributed by atoms with Crippen LogP contribution in [0.2, 0.25) is 0 Å². The van der Waals surface area contributed by atoms with Crippen LogP contribution in [0, 0.1) is 0 Å². The number of benzene rings is 2. The van der Waals surface area contributed by atoms with Gasteiger partial charge in [0.2, 0.25) is 0 Å². The number of hydrogen-bond donors (Lipinski definition) is 1. The van der Waals surface area contributed by atoms with Crippen LogP contribution >= 0.6 is 0 Å². The van der Waals surface area contributed by atoms with Crippen LogP contribution < -0.4 is 4.74 Å². The Morgan fingerprint density at radius 2 is 1.85 bits per heavy atom. The van der Waals surface area contributed by atoms with E-state index in [0.29, 0.717) is 11.1 Å². The summed E-state index contributed by atoms with van der Waals surface area (Å²) in [6, 6.07) is 10.2. The van der Waals surface area contributed by atoms with Gasteiger partial charge >= 0.3 is 5.97 Å². The van der Waals surface area contributed by atoms with E-state index in [4.69, 9.17) is 9.84 Å². The maximum Gasteiger partial charge on any atom is 0.335 e. The van der Waals surface area contributed by atoms with E-state index in [0.717, 1.165) is 0 Å². The SMILES string of the molecule is COc1cc(C(=O)O)ccc1-c1ccccc1C(F)F. The lowest BCUT2D eigenvalue weighted by atomic mass is 9.98. The highest BCUT2D eigenvalue weighted by molar-refractivity contribution is 5.90. The smallest absolute Gasteiger partial charge is 0.335 e. The number of hydrogen-bond acceptors (Lipinski definition) is 2. The molecular formula is C15H12F2O3. The third-order valence-electron chi connectivity index (χ3n) is 2.93. The first-order valence-electron chi connectivity index (χ1n) is 5.83. The van der Waals surface area contributed by atoms with Crippen LogP contribution in [0.3, 0.4) is 0 Å². The monoisotopic (exact) mass is 278 g/mol. The number of aromatic carboxylic acids is 1. The van der Waals surface area contributed by atoms with Crippen LogP contribution in [0.5, 0.6) is 5.75 Å². The molecule has 2 aromatic rings. The van der Waals surface area contributed by atoms with E-state index in [-0.39, 0.29) is 16.9 Å². The van der Waals surface area contributed by atoms with E-state index in [2.05, 4.69) is 0 Å². The Morgan fingerprint density at radius 1 is 1.15 bits per heavy atom. The van der Waals surface area contributed by atoms with Crippen LogP contribution in [0.4, 0.5) is 8.78 Å². The Balaban J connectivity index is 2.61. The molecule has 0 amide bonds. The third kappa shape index (κ3) is 2.61. The van der Waals surface area contributed by atoms with Gasteiger partial charge in [-0.1, -0.05) is 24.3 Å². The van der Waals surface area contributed by atoms with Crippen molar-refractivity contribution >= 4 is 5.97 Å². The molecule has 0 bridgehead atoms. The number of carboxylic acids is 1. The summed E-state index contributed by atoms with van der Waals surface area (Å²) in [4.78, 5) is 10.9. The lowest BCUT2D eigenvalue weighted by Crippen LogP contribution is -1.99. The molecule has 5 heteroatoms. The lowest BCUT2D eigenvalue weighted by Gasteiger charge is -2.13. The van der Waals surface area contributed by atoms with E-state index in [9.17, 15) is 13.6 Å². The molecule has 0 saturated carbocycles. The summed E-state index contributed by atoms with van der Waals surface area (Å²) in [5, 5.41) is 8.93. The Hall–Kier alpha value is -2.43. The van der Waals surface area contributed by atoms with Crippen molar-refractivity contribution < 1.29 is 23.4 Å². The van der Waals surface area contributed by atoms with Crippen molar-refractivity contribution in [3.8, 4) is 16.9 Å². The predicted octanol–water partition coefficient (Wildman–Crippen LogP) is 4.00. The van der Waals surface area contributed by atoms with Crippen molar-refractivity contribution in [3.63, 3.8) is 0 Å². The van der Waals surface area contributed by atoms with Gasteiger partial charge in [-0.2, -0.15) is 0 Å². The van der Waals surface area contributed by atoms with Gasteiger partial charge < -0.3 is 9.84 Å². The molecule has 0 radical (unpaired) electrons. The molecule has 0 aliphatic carbocycles. The molecular weight excluding hydrogens is 266 g/mol. The Morgan fingerprint density at radius 3 is 2.45 bits per heavy atom. The topological polar surface area (TPSA) is 46.5 Å². The second kappa shape index (κ2) is 5.69. The molecule has 0 fully saturated rings. The molecule has 0 spiro atoms. The fourth-order valence-electron chi connectivity index (χ4n) is 1.98. The number of carboxylic acid groups (broad SMARTS) is 1. The summed E-state index contributed by atoms with van der Waals surface area (Å²) in [5.74, 6) is -0.852. The largest absolute Gasteiger partial charge is 0.496 e. The zero-order valence-electron chi connectivity index (χ0n) is 10.6. The van der Waals surface area contributed by atoms with Crippen LogP contribution in [0.1, 0.15) is 22.3 Å². The zero-order chi connectivity index (χ0) is 14.7. The first-order valence-corrected chi connectivity index (χ1v) is 5.83. The molecule has 3 nitrogen and oxygen atoms in total. The van der Waals surface area contributed by atoms with Gasteiger partial charge in [0, 0.05) is 11.1 Å². The highest BCUT2D eigenvalue weighted by Gasteiger charge is 2.17. The van der Waals surface area contributed by atoms with Gasteiger partial charge in [-0.3, -0.25) is 0 Å².